The van der Waals surface area contributed by atoms with Crippen molar-refractivity contribution in [2.75, 3.05) is 6.61 Å². The van der Waals surface area contributed by atoms with Gasteiger partial charge in [0.25, 0.3) is 0 Å². The van der Waals surface area contributed by atoms with Crippen molar-refractivity contribution in [2.45, 2.75) is 32.1 Å². The highest BCUT2D eigenvalue weighted by molar-refractivity contribution is 5.27. The maximum atomic E-state index is 4.98. The molecule has 0 amide bonds. The molecule has 1 aliphatic rings. The zero-order valence-corrected chi connectivity index (χ0v) is 7.68. The number of hydrogen-bond acceptors (Lipinski definition) is 3. The molecule has 13 heavy (non-hydrogen) atoms. The van der Waals surface area contributed by atoms with Gasteiger partial charge in [-0.25, -0.2) is 5.90 Å². The SMILES string of the molecule is NOCCc1n[nH]c2c1CCCC2. The van der Waals surface area contributed by atoms with Gasteiger partial charge in [-0.2, -0.15) is 5.10 Å². The standard InChI is InChI=1S/C9H15N3O/c10-13-6-5-9-7-3-1-2-4-8(7)11-12-9/h1-6,10H2,(H,11,12). The van der Waals surface area contributed by atoms with Crippen LogP contribution in [0, 0.1) is 0 Å². The van der Waals surface area contributed by atoms with Crippen molar-refractivity contribution >= 4 is 0 Å². The Labute approximate surface area is 77.4 Å². The number of aryl methyl sites for hydroxylation is 1. The van der Waals surface area contributed by atoms with Gasteiger partial charge >= 0.3 is 0 Å². The molecule has 0 saturated heterocycles. The first kappa shape index (κ1) is 8.72. The molecule has 0 radical (unpaired) electrons. The molecule has 0 unspecified atom stereocenters. The first-order valence-corrected chi connectivity index (χ1v) is 4.78. The van der Waals surface area contributed by atoms with Gasteiger partial charge in [0.05, 0.1) is 12.3 Å². The van der Waals surface area contributed by atoms with Crippen LogP contribution < -0.4 is 5.90 Å². The Hall–Kier alpha value is -0.870. The molecule has 72 valence electrons. The fraction of sp³-hybridized carbons (Fsp3) is 0.667. The van der Waals surface area contributed by atoms with E-state index in [2.05, 4.69) is 15.0 Å². The maximum Gasteiger partial charge on any atom is 0.0735 e. The van der Waals surface area contributed by atoms with E-state index in [-0.39, 0.29) is 0 Å². The van der Waals surface area contributed by atoms with Crippen LogP contribution >= 0.6 is 0 Å². The number of rotatable bonds is 3. The smallest absolute Gasteiger partial charge is 0.0735 e. The van der Waals surface area contributed by atoms with Crippen LogP contribution in [0.1, 0.15) is 29.8 Å². The molecule has 0 bridgehead atoms. The second kappa shape index (κ2) is 3.89. The topological polar surface area (TPSA) is 63.9 Å². The monoisotopic (exact) mass is 181 g/mol. The lowest BCUT2D eigenvalue weighted by Crippen LogP contribution is -2.07. The molecule has 1 heterocycles. The molecule has 4 heteroatoms. The Kier molecular flexibility index (Phi) is 2.61. The summed E-state index contributed by atoms with van der Waals surface area (Å²) in [4.78, 5) is 4.55. The molecule has 0 saturated carbocycles. The third kappa shape index (κ3) is 1.73. The molecule has 1 aliphatic carbocycles. The number of aromatic amines is 1. The first-order chi connectivity index (χ1) is 6.42. The predicted octanol–water partition coefficient (Wildman–Crippen LogP) is 0.721. The fourth-order valence-corrected chi connectivity index (χ4v) is 1.91. The lowest BCUT2D eigenvalue weighted by molar-refractivity contribution is 0.140. The lowest BCUT2D eigenvalue weighted by atomic mass is 9.95. The molecular weight excluding hydrogens is 166 g/mol. The van der Waals surface area contributed by atoms with Gasteiger partial charge in [-0.3, -0.25) is 5.10 Å². The van der Waals surface area contributed by atoms with E-state index in [0.29, 0.717) is 6.61 Å². The average Bonchev–Trinajstić information content (AvgIpc) is 2.58. The predicted molar refractivity (Wildman–Crippen MR) is 49.1 cm³/mol. The van der Waals surface area contributed by atoms with E-state index in [9.17, 15) is 0 Å². The van der Waals surface area contributed by atoms with E-state index in [0.717, 1.165) is 25.0 Å². The largest absolute Gasteiger partial charge is 0.304 e. The van der Waals surface area contributed by atoms with E-state index in [1.54, 1.807) is 0 Å². The second-order valence-corrected chi connectivity index (χ2v) is 3.46. The van der Waals surface area contributed by atoms with Crippen molar-refractivity contribution in [1.82, 2.24) is 10.2 Å². The molecule has 4 nitrogen and oxygen atoms in total. The molecule has 0 aromatic carbocycles. The van der Waals surface area contributed by atoms with E-state index in [4.69, 9.17) is 5.90 Å². The van der Waals surface area contributed by atoms with Crippen LogP contribution in [0.5, 0.6) is 0 Å². The Morgan fingerprint density at radius 3 is 3.08 bits per heavy atom. The molecule has 0 atom stereocenters. The summed E-state index contributed by atoms with van der Waals surface area (Å²) in [6.45, 7) is 0.553. The number of fused-ring (bicyclic) bond motifs is 1. The van der Waals surface area contributed by atoms with Crippen LogP contribution in [-0.4, -0.2) is 16.8 Å². The minimum absolute atomic E-state index is 0.553. The molecule has 3 N–H and O–H groups in total. The van der Waals surface area contributed by atoms with E-state index < -0.39 is 0 Å². The highest BCUT2D eigenvalue weighted by atomic mass is 16.6. The van der Waals surface area contributed by atoms with Gasteiger partial charge in [0, 0.05) is 12.1 Å². The van der Waals surface area contributed by atoms with Gasteiger partial charge < -0.3 is 4.84 Å². The van der Waals surface area contributed by atoms with Crippen molar-refractivity contribution in [3.8, 4) is 0 Å². The summed E-state index contributed by atoms with van der Waals surface area (Å²) >= 11 is 0. The number of hydrogen-bond donors (Lipinski definition) is 2. The van der Waals surface area contributed by atoms with Crippen molar-refractivity contribution in [3.05, 3.63) is 17.0 Å². The number of nitrogens with one attached hydrogen (secondary N) is 1. The van der Waals surface area contributed by atoms with Gasteiger partial charge in [0.2, 0.25) is 0 Å². The highest BCUT2D eigenvalue weighted by Gasteiger charge is 2.15. The highest BCUT2D eigenvalue weighted by Crippen LogP contribution is 2.22. The van der Waals surface area contributed by atoms with Gasteiger partial charge in [0.1, 0.15) is 0 Å². The van der Waals surface area contributed by atoms with Crippen LogP contribution in [0.25, 0.3) is 0 Å². The van der Waals surface area contributed by atoms with Crippen LogP contribution in [0.3, 0.4) is 0 Å². The Morgan fingerprint density at radius 1 is 1.38 bits per heavy atom. The van der Waals surface area contributed by atoms with Gasteiger partial charge in [-0.05, 0) is 31.2 Å². The zero-order chi connectivity index (χ0) is 9.10. The third-order valence-corrected chi connectivity index (χ3v) is 2.60. The number of nitrogens with zero attached hydrogens (tertiary/aromatic N) is 1. The lowest BCUT2D eigenvalue weighted by Gasteiger charge is -2.10. The Balaban J connectivity index is 2.12. The molecule has 0 aliphatic heterocycles. The molecular formula is C9H15N3O. The maximum absolute atomic E-state index is 4.98. The summed E-state index contributed by atoms with van der Waals surface area (Å²) in [5.41, 5.74) is 3.86. The average molecular weight is 181 g/mol. The summed E-state index contributed by atoms with van der Waals surface area (Å²) in [6, 6.07) is 0. The van der Waals surface area contributed by atoms with Crippen molar-refractivity contribution in [3.63, 3.8) is 0 Å². The van der Waals surface area contributed by atoms with Crippen LogP contribution in [-0.2, 0) is 24.1 Å². The number of aromatic nitrogens is 2. The summed E-state index contributed by atoms with van der Waals surface area (Å²) in [6.07, 6.45) is 5.69. The molecule has 0 fully saturated rings. The molecule has 1 aromatic rings. The van der Waals surface area contributed by atoms with Crippen molar-refractivity contribution in [1.29, 1.82) is 0 Å². The van der Waals surface area contributed by atoms with Gasteiger partial charge in [-0.1, -0.05) is 0 Å². The zero-order valence-electron chi connectivity index (χ0n) is 7.68. The fourth-order valence-electron chi connectivity index (χ4n) is 1.91. The minimum atomic E-state index is 0.553. The van der Waals surface area contributed by atoms with Crippen LogP contribution in [0.4, 0.5) is 0 Å². The Morgan fingerprint density at radius 2 is 2.23 bits per heavy atom. The van der Waals surface area contributed by atoms with Crippen LogP contribution in [0.2, 0.25) is 0 Å². The molecule has 1 aromatic heterocycles. The van der Waals surface area contributed by atoms with Crippen LogP contribution in [0.15, 0.2) is 0 Å². The van der Waals surface area contributed by atoms with Crippen molar-refractivity contribution in [2.24, 2.45) is 5.90 Å². The second-order valence-electron chi connectivity index (χ2n) is 3.46. The summed E-state index contributed by atoms with van der Waals surface area (Å²) in [5.74, 6) is 4.98. The van der Waals surface area contributed by atoms with Gasteiger partial charge in [0.15, 0.2) is 0 Å². The Bertz CT molecular complexity index is 282. The van der Waals surface area contributed by atoms with E-state index >= 15 is 0 Å². The summed E-state index contributed by atoms with van der Waals surface area (Å²) < 4.78 is 0. The summed E-state index contributed by atoms with van der Waals surface area (Å²) in [5, 5.41) is 7.36. The minimum Gasteiger partial charge on any atom is -0.304 e. The summed E-state index contributed by atoms with van der Waals surface area (Å²) in [7, 11) is 0. The molecule has 0 spiro atoms. The normalized spacial score (nSPS) is 15.8. The van der Waals surface area contributed by atoms with Gasteiger partial charge in [-0.15, -0.1) is 0 Å². The number of H-pyrrole nitrogens is 1. The van der Waals surface area contributed by atoms with Crippen molar-refractivity contribution < 1.29 is 4.84 Å². The third-order valence-electron chi connectivity index (χ3n) is 2.60. The quantitative estimate of drug-likeness (QED) is 0.675. The first-order valence-electron chi connectivity index (χ1n) is 4.78. The molecule has 2 rings (SSSR count). The number of nitrogens with two attached hydrogens (primary N) is 1. The van der Waals surface area contributed by atoms with E-state index in [1.165, 1.54) is 24.1 Å². The van der Waals surface area contributed by atoms with E-state index in [1.807, 2.05) is 0 Å².